The van der Waals surface area contributed by atoms with Gasteiger partial charge in [0.05, 0.1) is 34.3 Å². The third-order valence-electron chi connectivity index (χ3n) is 8.22. The Bertz CT molecular complexity index is 1740. The molecule has 4 atom stereocenters. The molecule has 0 bridgehead atoms. The molecule has 0 saturated heterocycles. The van der Waals surface area contributed by atoms with E-state index in [1.54, 1.807) is 18.4 Å². The lowest BCUT2D eigenvalue weighted by molar-refractivity contribution is -0.124. The predicted molar refractivity (Wildman–Crippen MR) is 200 cm³/mol. The number of alkyl carbamates (subject to hydrolysis) is 1. The summed E-state index contributed by atoms with van der Waals surface area (Å²) in [4.78, 5) is 60.5. The number of carbonyl (C=O) groups is 3. The van der Waals surface area contributed by atoms with Gasteiger partial charge in [-0.25, -0.2) is 14.6 Å². The van der Waals surface area contributed by atoms with Crippen molar-refractivity contribution in [2.24, 2.45) is 5.92 Å². The fourth-order valence-corrected chi connectivity index (χ4v) is 6.88. The van der Waals surface area contributed by atoms with E-state index in [4.69, 9.17) is 4.74 Å². The van der Waals surface area contributed by atoms with E-state index in [1.165, 1.54) is 11.1 Å². The highest BCUT2D eigenvalue weighted by molar-refractivity contribution is 7.09. The van der Waals surface area contributed by atoms with Gasteiger partial charge in [0.1, 0.15) is 12.6 Å². The van der Waals surface area contributed by atoms with Gasteiger partial charge in [-0.1, -0.05) is 99.7 Å². The first-order valence-electron chi connectivity index (χ1n) is 17.0. The number of amides is 4. The van der Waals surface area contributed by atoms with Gasteiger partial charge in [-0.2, -0.15) is 0 Å². The summed E-state index contributed by atoms with van der Waals surface area (Å²) in [6.07, 6.45) is 0.445. The molecule has 0 aliphatic heterocycles. The van der Waals surface area contributed by atoms with E-state index in [9.17, 15) is 24.3 Å². The number of thiazole rings is 2. The molecule has 2 aromatic carbocycles. The number of aromatic amines is 1. The predicted octanol–water partition coefficient (Wildman–Crippen LogP) is 5.20. The van der Waals surface area contributed by atoms with Crippen LogP contribution in [0.3, 0.4) is 0 Å². The summed E-state index contributed by atoms with van der Waals surface area (Å²) in [6, 6.07) is 16.5. The van der Waals surface area contributed by atoms with Gasteiger partial charge in [-0.15, -0.1) is 11.3 Å². The molecule has 0 unspecified atom stereocenters. The number of rotatable bonds is 17. The zero-order chi connectivity index (χ0) is 36.9. The molecule has 0 aliphatic carbocycles. The summed E-state index contributed by atoms with van der Waals surface area (Å²) in [5.74, 6) is -0.326. The van der Waals surface area contributed by atoms with Crippen molar-refractivity contribution in [3.8, 4) is 0 Å². The highest BCUT2D eigenvalue weighted by Crippen LogP contribution is 2.20. The molecule has 4 aromatic rings. The van der Waals surface area contributed by atoms with Gasteiger partial charge in [0.25, 0.3) is 0 Å². The lowest BCUT2D eigenvalue weighted by Gasteiger charge is -2.30. The Morgan fingerprint density at radius 2 is 1.59 bits per heavy atom. The highest BCUT2D eigenvalue weighted by Gasteiger charge is 2.31. The average molecular weight is 737 g/mol. The maximum absolute atomic E-state index is 13.9. The Hall–Kier alpha value is -4.53. The van der Waals surface area contributed by atoms with Gasteiger partial charge in [0.2, 0.25) is 5.91 Å². The second kappa shape index (κ2) is 19.2. The number of benzene rings is 2. The number of nitrogens with one attached hydrogen (secondary N) is 4. The van der Waals surface area contributed by atoms with Crippen molar-refractivity contribution < 1.29 is 24.2 Å². The molecule has 12 nitrogen and oxygen atoms in total. The number of hydrogen-bond acceptors (Lipinski definition) is 9. The molecule has 0 spiro atoms. The summed E-state index contributed by atoms with van der Waals surface area (Å²) >= 11 is 2.51. The van der Waals surface area contributed by atoms with Crippen LogP contribution in [0.5, 0.6) is 0 Å². The number of H-pyrrole nitrogens is 1. The molecular weight excluding hydrogens is 689 g/mol. The van der Waals surface area contributed by atoms with Crippen LogP contribution in [0.1, 0.15) is 66.7 Å². The molecule has 14 heteroatoms. The Labute approximate surface area is 306 Å². The Balaban J connectivity index is 1.47. The zero-order valence-electron chi connectivity index (χ0n) is 29.6. The topological polar surface area (TPSA) is 166 Å². The Kier molecular flexibility index (Phi) is 14.8. The second-order valence-electron chi connectivity index (χ2n) is 13.2. The first kappa shape index (κ1) is 39.3. The summed E-state index contributed by atoms with van der Waals surface area (Å²) < 4.78 is 5.36. The smallest absolute Gasteiger partial charge is 0.407 e. The largest absolute Gasteiger partial charge is 0.444 e. The van der Waals surface area contributed by atoms with Crippen molar-refractivity contribution >= 4 is 40.7 Å². The summed E-state index contributed by atoms with van der Waals surface area (Å²) in [5.41, 5.74) is 2.62. The van der Waals surface area contributed by atoms with Crippen LogP contribution in [-0.4, -0.2) is 69.3 Å². The fourth-order valence-electron chi connectivity index (χ4n) is 5.46. The quantitative estimate of drug-likeness (QED) is 0.0995. The molecule has 4 amide bonds. The minimum Gasteiger partial charge on any atom is -0.444 e. The molecule has 0 fully saturated rings. The number of aliphatic hydroxyl groups is 1. The van der Waals surface area contributed by atoms with Crippen LogP contribution in [0, 0.1) is 5.92 Å². The second-order valence-corrected chi connectivity index (χ2v) is 15.2. The molecular formula is C37H48N6O6S2. The van der Waals surface area contributed by atoms with Crippen LogP contribution in [0.4, 0.5) is 9.59 Å². The Morgan fingerprint density at radius 3 is 2.16 bits per heavy atom. The summed E-state index contributed by atoms with van der Waals surface area (Å²) in [6.45, 7) is 8.06. The lowest BCUT2D eigenvalue weighted by Crippen LogP contribution is -2.55. The van der Waals surface area contributed by atoms with E-state index in [1.807, 2.05) is 79.9 Å². The Morgan fingerprint density at radius 1 is 0.941 bits per heavy atom. The van der Waals surface area contributed by atoms with Crippen LogP contribution in [0.15, 0.2) is 77.0 Å². The van der Waals surface area contributed by atoms with Gasteiger partial charge in [-0.3, -0.25) is 9.59 Å². The van der Waals surface area contributed by atoms with Crippen molar-refractivity contribution in [1.82, 2.24) is 30.8 Å². The van der Waals surface area contributed by atoms with Crippen molar-refractivity contribution in [3.05, 3.63) is 109 Å². The number of urea groups is 1. The van der Waals surface area contributed by atoms with E-state index in [0.29, 0.717) is 30.2 Å². The monoisotopic (exact) mass is 736 g/mol. The molecule has 51 heavy (non-hydrogen) atoms. The number of nitrogens with zero attached hydrogens (tertiary/aromatic N) is 2. The number of aliphatic hydroxyl groups excluding tert-OH is 1. The summed E-state index contributed by atoms with van der Waals surface area (Å²) in [7, 11) is 1.67. The fraction of sp³-hybridized carbons (Fsp3) is 0.432. The number of ether oxygens (including phenoxy) is 1. The number of hydrogen-bond donors (Lipinski definition) is 5. The average Bonchev–Trinajstić information content (AvgIpc) is 3.75. The van der Waals surface area contributed by atoms with Crippen LogP contribution in [0.25, 0.3) is 0 Å². The number of carbonyl (C=O) groups excluding carboxylic acids is 3. The van der Waals surface area contributed by atoms with Gasteiger partial charge < -0.3 is 35.7 Å². The molecule has 274 valence electrons. The maximum atomic E-state index is 13.9. The van der Waals surface area contributed by atoms with Crippen molar-refractivity contribution in [2.75, 3.05) is 7.05 Å². The van der Waals surface area contributed by atoms with Crippen LogP contribution < -0.4 is 20.8 Å². The molecule has 0 saturated carbocycles. The normalized spacial score (nSPS) is 13.6. The third kappa shape index (κ3) is 12.6. The lowest BCUT2D eigenvalue weighted by atomic mass is 9.93. The summed E-state index contributed by atoms with van der Waals surface area (Å²) in [5, 5.41) is 23.4. The maximum Gasteiger partial charge on any atom is 0.407 e. The first-order valence-corrected chi connectivity index (χ1v) is 18.7. The van der Waals surface area contributed by atoms with Gasteiger partial charge in [0, 0.05) is 30.6 Å². The number of aromatic nitrogens is 2. The van der Waals surface area contributed by atoms with Crippen LogP contribution in [0.2, 0.25) is 0 Å². The van der Waals surface area contributed by atoms with E-state index >= 15 is 0 Å². The van der Waals surface area contributed by atoms with E-state index in [-0.39, 0.29) is 29.7 Å². The standard InChI is InChI=1S/C37H48N6O6S2/c1-23(2)32(42-35(46)43(5)20-28-22-50-34(40-28)24(3)4)33(45)39-27(16-25-12-8-6-9-13-25)18-31(44)30(17-26-14-10-7-11-15-26)41-36(47)49-21-29-19-38-37(48)51-29/h6-15,19,22-24,27,30-32,44H,16-18,20-21H2,1-5H3,(H,38,48)(H,39,45)(H,41,47)(H,42,46)/t27-,30-,31-,32-/m0/s1. The molecule has 0 aliphatic rings. The van der Waals surface area contributed by atoms with Crippen molar-refractivity contribution in [2.45, 2.75) is 90.3 Å². The SMILES string of the molecule is CC(C)c1nc(CN(C)C(=O)N[C@H](C(=O)N[C@@H](Cc2ccccc2)C[C@H](O)[C@H](Cc2ccccc2)NC(=O)OCc2c[nH]c(=O)s2)C(C)C)cs1. The molecule has 5 N–H and O–H groups in total. The van der Waals surface area contributed by atoms with Crippen molar-refractivity contribution in [1.29, 1.82) is 0 Å². The minimum atomic E-state index is -1.10. The van der Waals surface area contributed by atoms with Crippen molar-refractivity contribution in [3.63, 3.8) is 0 Å². The van der Waals surface area contributed by atoms with Crippen LogP contribution in [-0.2, 0) is 35.5 Å². The molecule has 0 radical (unpaired) electrons. The van der Waals surface area contributed by atoms with Gasteiger partial charge in [-0.05, 0) is 36.3 Å². The van der Waals surface area contributed by atoms with E-state index in [0.717, 1.165) is 33.2 Å². The van der Waals surface area contributed by atoms with Gasteiger partial charge in [0.15, 0.2) is 0 Å². The minimum absolute atomic E-state index is 0.0957. The van der Waals surface area contributed by atoms with E-state index < -0.39 is 36.4 Å². The van der Waals surface area contributed by atoms with E-state index in [2.05, 4.69) is 39.8 Å². The third-order valence-corrected chi connectivity index (χ3v) is 10.2. The molecule has 2 heterocycles. The molecule has 4 rings (SSSR count). The highest BCUT2D eigenvalue weighted by atomic mass is 32.1. The molecule has 2 aromatic heterocycles. The first-order chi connectivity index (χ1) is 24.4. The zero-order valence-corrected chi connectivity index (χ0v) is 31.3. The van der Waals surface area contributed by atoms with Crippen LogP contribution >= 0.6 is 22.7 Å². The van der Waals surface area contributed by atoms with Gasteiger partial charge >= 0.3 is 17.0 Å².